The third-order valence-electron chi connectivity index (χ3n) is 1.80. The molecule has 0 bridgehead atoms. The van der Waals surface area contributed by atoms with E-state index in [0.29, 0.717) is 24.6 Å². The number of nitrogens with one attached hydrogen (secondary N) is 1. The number of halogens is 1. The summed E-state index contributed by atoms with van der Waals surface area (Å²) in [5.41, 5.74) is 0.432. The van der Waals surface area contributed by atoms with Gasteiger partial charge in [-0.1, -0.05) is 0 Å². The van der Waals surface area contributed by atoms with Crippen molar-refractivity contribution in [1.29, 1.82) is 0 Å². The Labute approximate surface area is 82.8 Å². The molecule has 14 heavy (non-hydrogen) atoms. The van der Waals surface area contributed by atoms with Crippen LogP contribution in [0.2, 0.25) is 0 Å². The maximum atomic E-state index is 13.2. The van der Waals surface area contributed by atoms with E-state index in [9.17, 15) is 4.39 Å². The van der Waals surface area contributed by atoms with Gasteiger partial charge in [0, 0.05) is 19.7 Å². The number of anilines is 1. The zero-order chi connectivity index (χ0) is 10.4. The maximum Gasteiger partial charge on any atom is 0.146 e. The minimum atomic E-state index is -0.290. The standard InChI is InChI=1S/C10H14FNO2/c1-13-6-5-12-10-7-8(14-2)3-4-9(10)11/h3-4,7,12H,5-6H2,1-2H3. The fourth-order valence-electron chi connectivity index (χ4n) is 1.05. The van der Waals surface area contributed by atoms with Gasteiger partial charge in [0.2, 0.25) is 0 Å². The summed E-state index contributed by atoms with van der Waals surface area (Å²) in [5, 5.41) is 2.91. The lowest BCUT2D eigenvalue weighted by atomic mass is 10.3. The Morgan fingerprint density at radius 2 is 2.14 bits per heavy atom. The summed E-state index contributed by atoms with van der Waals surface area (Å²) < 4.78 is 23.0. The van der Waals surface area contributed by atoms with Crippen molar-refractivity contribution in [2.45, 2.75) is 0 Å². The number of ether oxygens (including phenoxy) is 2. The first-order valence-electron chi connectivity index (χ1n) is 4.34. The van der Waals surface area contributed by atoms with E-state index >= 15 is 0 Å². The summed E-state index contributed by atoms with van der Waals surface area (Å²) in [6.07, 6.45) is 0. The summed E-state index contributed by atoms with van der Waals surface area (Å²) in [7, 11) is 3.15. The van der Waals surface area contributed by atoms with Gasteiger partial charge in [0.05, 0.1) is 19.4 Å². The molecule has 0 saturated carbocycles. The van der Waals surface area contributed by atoms with Crippen LogP contribution in [0.25, 0.3) is 0 Å². The molecule has 78 valence electrons. The third-order valence-corrected chi connectivity index (χ3v) is 1.80. The number of benzene rings is 1. The number of hydrogen-bond acceptors (Lipinski definition) is 3. The molecule has 1 aromatic rings. The Morgan fingerprint density at radius 1 is 1.36 bits per heavy atom. The van der Waals surface area contributed by atoms with E-state index in [1.807, 2.05) is 0 Å². The molecule has 0 saturated heterocycles. The van der Waals surface area contributed by atoms with Crippen LogP contribution in [0.5, 0.6) is 5.75 Å². The highest BCUT2D eigenvalue weighted by molar-refractivity contribution is 5.49. The summed E-state index contributed by atoms with van der Waals surface area (Å²) in [4.78, 5) is 0. The fourth-order valence-corrected chi connectivity index (χ4v) is 1.05. The van der Waals surface area contributed by atoms with Gasteiger partial charge in [0.1, 0.15) is 11.6 Å². The minimum Gasteiger partial charge on any atom is -0.497 e. The fraction of sp³-hybridized carbons (Fsp3) is 0.400. The maximum absolute atomic E-state index is 13.2. The van der Waals surface area contributed by atoms with Gasteiger partial charge < -0.3 is 14.8 Å². The van der Waals surface area contributed by atoms with Crippen LogP contribution in [0.4, 0.5) is 10.1 Å². The molecule has 0 atom stereocenters. The molecule has 1 aromatic carbocycles. The van der Waals surface area contributed by atoms with Crippen molar-refractivity contribution < 1.29 is 13.9 Å². The molecule has 4 heteroatoms. The van der Waals surface area contributed by atoms with Gasteiger partial charge in [0.25, 0.3) is 0 Å². The number of rotatable bonds is 5. The van der Waals surface area contributed by atoms with Crippen molar-refractivity contribution >= 4 is 5.69 Å². The minimum absolute atomic E-state index is 0.290. The molecule has 0 aliphatic rings. The van der Waals surface area contributed by atoms with Gasteiger partial charge in [-0.2, -0.15) is 0 Å². The van der Waals surface area contributed by atoms with Crippen molar-refractivity contribution in [3.63, 3.8) is 0 Å². The van der Waals surface area contributed by atoms with E-state index in [2.05, 4.69) is 5.32 Å². The topological polar surface area (TPSA) is 30.5 Å². The molecule has 0 spiro atoms. The van der Waals surface area contributed by atoms with Gasteiger partial charge in [-0.25, -0.2) is 4.39 Å². The Morgan fingerprint density at radius 3 is 2.79 bits per heavy atom. The molecular weight excluding hydrogens is 185 g/mol. The van der Waals surface area contributed by atoms with Gasteiger partial charge in [-0.15, -0.1) is 0 Å². The van der Waals surface area contributed by atoms with E-state index in [-0.39, 0.29) is 5.82 Å². The van der Waals surface area contributed by atoms with Crippen molar-refractivity contribution in [3.05, 3.63) is 24.0 Å². The smallest absolute Gasteiger partial charge is 0.146 e. The van der Waals surface area contributed by atoms with E-state index in [0.717, 1.165) is 0 Å². The molecule has 0 heterocycles. The van der Waals surface area contributed by atoms with Crippen molar-refractivity contribution in [1.82, 2.24) is 0 Å². The highest BCUT2D eigenvalue weighted by Gasteiger charge is 2.02. The largest absolute Gasteiger partial charge is 0.497 e. The molecular formula is C10H14FNO2. The molecule has 0 fully saturated rings. The first-order chi connectivity index (χ1) is 6.77. The zero-order valence-electron chi connectivity index (χ0n) is 8.34. The Bertz CT molecular complexity index is 291. The molecule has 0 amide bonds. The highest BCUT2D eigenvalue weighted by atomic mass is 19.1. The van der Waals surface area contributed by atoms with E-state index in [1.54, 1.807) is 26.4 Å². The summed E-state index contributed by atoms with van der Waals surface area (Å²) in [6.45, 7) is 1.11. The Balaban J connectivity index is 2.64. The highest BCUT2D eigenvalue weighted by Crippen LogP contribution is 2.20. The quantitative estimate of drug-likeness (QED) is 0.734. The zero-order valence-corrected chi connectivity index (χ0v) is 8.34. The normalized spacial score (nSPS) is 9.93. The molecule has 0 unspecified atom stereocenters. The van der Waals surface area contributed by atoms with E-state index in [4.69, 9.17) is 9.47 Å². The predicted octanol–water partition coefficient (Wildman–Crippen LogP) is 1.89. The lowest BCUT2D eigenvalue weighted by molar-refractivity contribution is 0.210. The lowest BCUT2D eigenvalue weighted by Crippen LogP contribution is -2.08. The average Bonchev–Trinajstić information content (AvgIpc) is 2.21. The van der Waals surface area contributed by atoms with Crippen LogP contribution in [0.15, 0.2) is 18.2 Å². The summed E-state index contributed by atoms with van der Waals surface area (Å²) in [5.74, 6) is 0.341. The average molecular weight is 199 g/mol. The van der Waals surface area contributed by atoms with Gasteiger partial charge in [-0.05, 0) is 12.1 Å². The van der Waals surface area contributed by atoms with Crippen LogP contribution in [0.1, 0.15) is 0 Å². The molecule has 3 nitrogen and oxygen atoms in total. The molecule has 1 N–H and O–H groups in total. The SMILES string of the molecule is COCCNc1cc(OC)ccc1F. The third kappa shape index (κ3) is 2.88. The van der Waals surface area contributed by atoms with Crippen LogP contribution in [-0.2, 0) is 4.74 Å². The Hall–Kier alpha value is -1.29. The van der Waals surface area contributed by atoms with Crippen molar-refractivity contribution in [3.8, 4) is 5.75 Å². The number of hydrogen-bond donors (Lipinski definition) is 1. The van der Waals surface area contributed by atoms with Gasteiger partial charge in [0.15, 0.2) is 0 Å². The molecule has 0 aromatic heterocycles. The van der Waals surface area contributed by atoms with Gasteiger partial charge in [-0.3, -0.25) is 0 Å². The summed E-state index contributed by atoms with van der Waals surface area (Å²) >= 11 is 0. The van der Waals surface area contributed by atoms with E-state index < -0.39 is 0 Å². The van der Waals surface area contributed by atoms with Crippen LogP contribution < -0.4 is 10.1 Å². The second-order valence-electron chi connectivity index (χ2n) is 2.77. The molecule has 1 rings (SSSR count). The summed E-state index contributed by atoms with van der Waals surface area (Å²) in [6, 6.07) is 4.57. The monoisotopic (exact) mass is 199 g/mol. The number of methoxy groups -OCH3 is 2. The molecule has 0 aliphatic carbocycles. The first-order valence-corrected chi connectivity index (χ1v) is 4.34. The Kier molecular flexibility index (Phi) is 4.19. The van der Waals surface area contributed by atoms with Crippen LogP contribution in [0.3, 0.4) is 0 Å². The predicted molar refractivity (Wildman–Crippen MR) is 53.3 cm³/mol. The second-order valence-corrected chi connectivity index (χ2v) is 2.77. The van der Waals surface area contributed by atoms with Crippen LogP contribution in [-0.4, -0.2) is 27.4 Å². The first kappa shape index (κ1) is 10.8. The second kappa shape index (κ2) is 5.44. The molecule has 0 radical (unpaired) electrons. The lowest BCUT2D eigenvalue weighted by Gasteiger charge is -2.08. The van der Waals surface area contributed by atoms with Crippen LogP contribution in [0, 0.1) is 5.82 Å². The van der Waals surface area contributed by atoms with E-state index in [1.165, 1.54) is 6.07 Å². The van der Waals surface area contributed by atoms with Crippen LogP contribution >= 0.6 is 0 Å². The molecule has 0 aliphatic heterocycles. The van der Waals surface area contributed by atoms with Gasteiger partial charge >= 0.3 is 0 Å². The van der Waals surface area contributed by atoms with Crippen molar-refractivity contribution in [2.75, 3.05) is 32.7 Å². The van der Waals surface area contributed by atoms with Crippen molar-refractivity contribution in [2.24, 2.45) is 0 Å².